The fourth-order valence-electron chi connectivity index (χ4n) is 4.43. The van der Waals surface area contributed by atoms with Crippen LogP contribution < -0.4 is 0 Å². The molecule has 0 N–H and O–H groups in total. The van der Waals surface area contributed by atoms with E-state index < -0.39 is 0 Å². The molecular weight excluding hydrogens is 268 g/mol. The molecule has 2 nitrogen and oxygen atoms in total. The third-order valence-corrected chi connectivity index (χ3v) is 5.82. The second kappa shape index (κ2) is 7.61. The van der Waals surface area contributed by atoms with Gasteiger partial charge in [-0.25, -0.2) is 0 Å². The van der Waals surface area contributed by atoms with Gasteiger partial charge in [-0.2, -0.15) is 0 Å². The van der Waals surface area contributed by atoms with Crippen molar-refractivity contribution >= 4 is 0 Å². The largest absolute Gasteiger partial charge is 0.300 e. The standard InChI is InChI=1S/C20H32N2/c1-17-7-6-10-20(15-17)22-13-11-19(12-14-22)21(2)16-18-8-4-3-5-9-18/h3-5,8-9,17,19-20H,6-7,10-16H2,1-2H3. The normalized spacial score (nSPS) is 28.1. The topological polar surface area (TPSA) is 6.48 Å². The number of hydrogen-bond donors (Lipinski definition) is 0. The van der Waals surface area contributed by atoms with Crippen LogP contribution in [0.4, 0.5) is 0 Å². The number of hydrogen-bond acceptors (Lipinski definition) is 2. The van der Waals surface area contributed by atoms with Crippen molar-refractivity contribution in [2.75, 3.05) is 20.1 Å². The summed E-state index contributed by atoms with van der Waals surface area (Å²) in [7, 11) is 2.30. The molecule has 2 atom stereocenters. The van der Waals surface area contributed by atoms with Crippen LogP contribution in [0.2, 0.25) is 0 Å². The zero-order valence-corrected chi connectivity index (χ0v) is 14.4. The van der Waals surface area contributed by atoms with Gasteiger partial charge >= 0.3 is 0 Å². The molecular formula is C20H32N2. The van der Waals surface area contributed by atoms with Crippen molar-refractivity contribution in [1.29, 1.82) is 0 Å². The summed E-state index contributed by atoms with van der Waals surface area (Å²) in [6.07, 6.45) is 8.45. The van der Waals surface area contributed by atoms with Gasteiger partial charge in [0.2, 0.25) is 0 Å². The fourth-order valence-corrected chi connectivity index (χ4v) is 4.43. The molecule has 22 heavy (non-hydrogen) atoms. The third kappa shape index (κ3) is 4.11. The van der Waals surface area contributed by atoms with E-state index in [0.717, 1.165) is 24.5 Å². The minimum atomic E-state index is 0.762. The molecule has 122 valence electrons. The monoisotopic (exact) mass is 300 g/mol. The number of piperidine rings is 1. The van der Waals surface area contributed by atoms with Crippen LogP contribution in [-0.4, -0.2) is 42.0 Å². The summed E-state index contributed by atoms with van der Waals surface area (Å²) in [6.45, 7) is 6.14. The van der Waals surface area contributed by atoms with E-state index in [4.69, 9.17) is 0 Å². The van der Waals surface area contributed by atoms with Gasteiger partial charge < -0.3 is 4.90 Å². The van der Waals surface area contributed by atoms with Crippen LogP contribution in [0.1, 0.15) is 51.0 Å². The van der Waals surface area contributed by atoms with Crippen molar-refractivity contribution in [3.05, 3.63) is 35.9 Å². The van der Waals surface area contributed by atoms with Gasteiger partial charge in [0.05, 0.1) is 0 Å². The summed E-state index contributed by atoms with van der Waals surface area (Å²) in [5.41, 5.74) is 1.44. The predicted octanol–water partition coefficient (Wildman–Crippen LogP) is 4.16. The zero-order valence-electron chi connectivity index (χ0n) is 14.4. The van der Waals surface area contributed by atoms with Crippen molar-refractivity contribution in [3.63, 3.8) is 0 Å². The van der Waals surface area contributed by atoms with Crippen molar-refractivity contribution < 1.29 is 0 Å². The van der Waals surface area contributed by atoms with Gasteiger partial charge in [0, 0.05) is 18.6 Å². The molecule has 1 heterocycles. The van der Waals surface area contributed by atoms with Gasteiger partial charge in [-0.05, 0) is 57.3 Å². The molecule has 2 unspecified atom stereocenters. The summed E-state index contributed by atoms with van der Waals surface area (Å²) in [5, 5.41) is 0. The van der Waals surface area contributed by atoms with E-state index in [-0.39, 0.29) is 0 Å². The molecule has 0 bridgehead atoms. The zero-order chi connectivity index (χ0) is 15.4. The van der Waals surface area contributed by atoms with Crippen LogP contribution in [0.3, 0.4) is 0 Å². The van der Waals surface area contributed by atoms with E-state index in [2.05, 4.69) is 54.1 Å². The Morgan fingerprint density at radius 3 is 2.45 bits per heavy atom. The molecule has 0 amide bonds. The van der Waals surface area contributed by atoms with E-state index >= 15 is 0 Å². The Morgan fingerprint density at radius 1 is 1.05 bits per heavy atom. The van der Waals surface area contributed by atoms with E-state index in [9.17, 15) is 0 Å². The van der Waals surface area contributed by atoms with Crippen LogP contribution in [0, 0.1) is 5.92 Å². The maximum atomic E-state index is 2.79. The highest BCUT2D eigenvalue weighted by Crippen LogP contribution is 2.29. The van der Waals surface area contributed by atoms with Crippen molar-refractivity contribution in [2.45, 2.75) is 64.1 Å². The number of benzene rings is 1. The molecule has 2 aliphatic rings. The highest BCUT2D eigenvalue weighted by molar-refractivity contribution is 5.14. The summed E-state index contributed by atoms with van der Waals surface area (Å²) >= 11 is 0. The minimum absolute atomic E-state index is 0.762. The number of likely N-dealkylation sites (tertiary alicyclic amines) is 1. The summed E-state index contributed by atoms with van der Waals surface area (Å²) in [5.74, 6) is 0.942. The Kier molecular flexibility index (Phi) is 5.54. The van der Waals surface area contributed by atoms with Gasteiger partial charge in [-0.1, -0.05) is 50.1 Å². The third-order valence-electron chi connectivity index (χ3n) is 5.82. The van der Waals surface area contributed by atoms with Crippen molar-refractivity contribution in [3.8, 4) is 0 Å². The molecule has 1 saturated carbocycles. The van der Waals surface area contributed by atoms with Gasteiger partial charge in [-0.3, -0.25) is 4.90 Å². The van der Waals surface area contributed by atoms with Crippen molar-refractivity contribution in [2.24, 2.45) is 5.92 Å². The molecule has 2 fully saturated rings. The summed E-state index contributed by atoms with van der Waals surface area (Å²) < 4.78 is 0. The Morgan fingerprint density at radius 2 is 1.77 bits per heavy atom. The van der Waals surface area contributed by atoms with Crippen LogP contribution in [0.5, 0.6) is 0 Å². The molecule has 1 aliphatic carbocycles. The smallest absolute Gasteiger partial charge is 0.0233 e. The Balaban J connectivity index is 1.47. The van der Waals surface area contributed by atoms with Crippen LogP contribution in [0.25, 0.3) is 0 Å². The maximum Gasteiger partial charge on any atom is 0.0233 e. The number of rotatable bonds is 4. The quantitative estimate of drug-likeness (QED) is 0.824. The SMILES string of the molecule is CC1CCCC(N2CCC(N(C)Cc3ccccc3)CC2)C1. The molecule has 0 aromatic heterocycles. The number of nitrogens with zero attached hydrogens (tertiary/aromatic N) is 2. The first-order valence-corrected chi connectivity index (χ1v) is 9.20. The summed E-state index contributed by atoms with van der Waals surface area (Å²) in [6, 6.07) is 12.5. The fraction of sp³-hybridized carbons (Fsp3) is 0.700. The predicted molar refractivity (Wildman–Crippen MR) is 93.9 cm³/mol. The lowest BCUT2D eigenvalue weighted by molar-refractivity contribution is 0.0694. The molecule has 1 aromatic rings. The average molecular weight is 300 g/mol. The Hall–Kier alpha value is -0.860. The van der Waals surface area contributed by atoms with Gasteiger partial charge in [0.25, 0.3) is 0 Å². The van der Waals surface area contributed by atoms with E-state index in [1.54, 1.807) is 0 Å². The molecule has 0 spiro atoms. The van der Waals surface area contributed by atoms with Crippen LogP contribution in [-0.2, 0) is 6.54 Å². The molecule has 1 aromatic carbocycles. The first kappa shape index (κ1) is 16.0. The Bertz CT molecular complexity index is 436. The molecule has 0 radical (unpaired) electrons. The minimum Gasteiger partial charge on any atom is -0.300 e. The maximum absolute atomic E-state index is 2.79. The second-order valence-corrected chi connectivity index (χ2v) is 7.59. The van der Waals surface area contributed by atoms with E-state index in [0.29, 0.717) is 0 Å². The summed E-state index contributed by atoms with van der Waals surface area (Å²) in [4.78, 5) is 5.36. The highest BCUT2D eigenvalue weighted by Gasteiger charge is 2.29. The molecule has 2 heteroatoms. The van der Waals surface area contributed by atoms with Crippen LogP contribution in [0.15, 0.2) is 30.3 Å². The lowest BCUT2D eigenvalue weighted by atomic mass is 9.85. The first-order chi connectivity index (χ1) is 10.7. The van der Waals surface area contributed by atoms with Gasteiger partial charge in [0.15, 0.2) is 0 Å². The van der Waals surface area contributed by atoms with E-state index in [1.807, 2.05) is 0 Å². The molecule has 1 aliphatic heterocycles. The van der Waals surface area contributed by atoms with Crippen molar-refractivity contribution in [1.82, 2.24) is 9.80 Å². The van der Waals surface area contributed by atoms with E-state index in [1.165, 1.54) is 57.2 Å². The lowest BCUT2D eigenvalue weighted by Crippen LogP contribution is -2.48. The average Bonchev–Trinajstić information content (AvgIpc) is 2.56. The lowest BCUT2D eigenvalue weighted by Gasteiger charge is -2.42. The second-order valence-electron chi connectivity index (χ2n) is 7.59. The Labute approximate surface area is 136 Å². The van der Waals surface area contributed by atoms with Gasteiger partial charge in [-0.15, -0.1) is 0 Å². The first-order valence-electron chi connectivity index (χ1n) is 9.20. The molecule has 1 saturated heterocycles. The molecule has 3 rings (SSSR count). The van der Waals surface area contributed by atoms with Crippen LogP contribution >= 0.6 is 0 Å². The highest BCUT2D eigenvalue weighted by atomic mass is 15.2. The van der Waals surface area contributed by atoms with Gasteiger partial charge in [0.1, 0.15) is 0 Å².